The van der Waals surface area contributed by atoms with E-state index in [1.54, 1.807) is 0 Å². The maximum absolute atomic E-state index is 13.7. The van der Waals surface area contributed by atoms with Crippen molar-refractivity contribution in [1.82, 2.24) is 10.3 Å². The third-order valence-electron chi connectivity index (χ3n) is 6.29. The molecular formula is C24H26F3N3O6S. The van der Waals surface area contributed by atoms with Crippen LogP contribution >= 0.6 is 0 Å². The minimum absolute atomic E-state index is 0.192. The molecule has 0 saturated heterocycles. The quantitative estimate of drug-likeness (QED) is 0.548. The van der Waals surface area contributed by atoms with Crippen LogP contribution in [0, 0.1) is 11.3 Å². The molecule has 0 unspecified atom stereocenters. The molecule has 0 spiro atoms. The Balaban J connectivity index is 0.000000356. The Bertz CT molecular complexity index is 1290. The second-order valence-electron chi connectivity index (χ2n) is 8.78. The van der Waals surface area contributed by atoms with Crippen LogP contribution in [0.2, 0.25) is 0 Å². The molecular weight excluding hydrogens is 515 g/mol. The highest BCUT2D eigenvalue weighted by molar-refractivity contribution is 7.92. The van der Waals surface area contributed by atoms with Crippen LogP contribution in [-0.2, 0) is 20.8 Å². The Hall–Kier alpha value is -3.37. The summed E-state index contributed by atoms with van der Waals surface area (Å²) in [6.07, 6.45) is -1.08. The lowest BCUT2D eigenvalue weighted by Gasteiger charge is -2.18. The van der Waals surface area contributed by atoms with Gasteiger partial charge in [0, 0.05) is 18.9 Å². The second-order valence-corrected chi connectivity index (χ2v) is 11.0. The molecule has 1 aromatic carbocycles. The van der Waals surface area contributed by atoms with E-state index in [1.165, 1.54) is 38.7 Å². The van der Waals surface area contributed by atoms with Gasteiger partial charge in [0.25, 0.3) is 0 Å². The molecule has 1 amide bonds. The third kappa shape index (κ3) is 6.69. The summed E-state index contributed by atoms with van der Waals surface area (Å²) in [5.41, 5.74) is -1.30. The Kier molecular flexibility index (Phi) is 8.34. The van der Waals surface area contributed by atoms with Crippen LogP contribution < -0.4 is 10.1 Å². The van der Waals surface area contributed by atoms with Crippen LogP contribution in [0.25, 0.3) is 11.1 Å². The van der Waals surface area contributed by atoms with E-state index in [4.69, 9.17) is 19.8 Å². The number of sulfone groups is 1. The fraction of sp³-hybridized carbons (Fsp3) is 0.458. The molecule has 1 heterocycles. The van der Waals surface area contributed by atoms with Crippen LogP contribution in [0.15, 0.2) is 41.6 Å². The Morgan fingerprint density at radius 1 is 1.19 bits per heavy atom. The number of amides is 1. The van der Waals surface area contributed by atoms with Gasteiger partial charge in [0.05, 0.1) is 41.2 Å². The van der Waals surface area contributed by atoms with E-state index in [0.29, 0.717) is 30.6 Å². The Labute approximate surface area is 212 Å². The van der Waals surface area contributed by atoms with Gasteiger partial charge in [-0.05, 0) is 55.9 Å². The van der Waals surface area contributed by atoms with Crippen LogP contribution in [0.3, 0.4) is 0 Å². The number of nitriles is 1. The molecule has 2 aliphatic carbocycles. The first-order chi connectivity index (χ1) is 17.3. The number of ether oxygens (including phenoxy) is 2. The predicted molar refractivity (Wildman–Crippen MR) is 126 cm³/mol. The van der Waals surface area contributed by atoms with Crippen molar-refractivity contribution in [3.05, 3.63) is 42.2 Å². The standard InChI is InChI=1S/C19H20F3NO4S.C5H6N2O2/c1-26-14-4-5-16(9-14)28(24,25)18-6-3-12(8-17(18)19(20,21)22)13-7-15(27-2)11-23-10-13;6-3-5(1-2-5)7-4(8)9/h3,6-8,10-11,14,16H,4-5,9H2,1-2H3;7H,1-2H2,(H,8,9)/t14-,16-;/m0./s1. The number of hydrogen-bond donors (Lipinski definition) is 2. The molecule has 4 rings (SSSR count). The summed E-state index contributed by atoms with van der Waals surface area (Å²) in [6.45, 7) is 0. The summed E-state index contributed by atoms with van der Waals surface area (Å²) in [4.78, 5) is 13.2. The molecule has 2 fully saturated rings. The van der Waals surface area contributed by atoms with Gasteiger partial charge in [-0.2, -0.15) is 18.4 Å². The predicted octanol–water partition coefficient (Wildman–Crippen LogP) is 4.43. The number of nitrogens with one attached hydrogen (secondary N) is 1. The molecule has 1 aromatic heterocycles. The van der Waals surface area contributed by atoms with Gasteiger partial charge in [-0.1, -0.05) is 6.07 Å². The van der Waals surface area contributed by atoms with E-state index < -0.39 is 43.4 Å². The van der Waals surface area contributed by atoms with Crippen molar-refractivity contribution in [3.63, 3.8) is 0 Å². The van der Waals surface area contributed by atoms with Crippen molar-refractivity contribution < 1.29 is 41.0 Å². The number of halogens is 3. The third-order valence-corrected chi connectivity index (χ3v) is 8.57. The highest BCUT2D eigenvalue weighted by Gasteiger charge is 2.45. The fourth-order valence-corrected chi connectivity index (χ4v) is 6.05. The summed E-state index contributed by atoms with van der Waals surface area (Å²) >= 11 is 0. The topological polar surface area (TPSA) is 139 Å². The number of carboxylic acid groups (broad SMARTS) is 1. The average Bonchev–Trinajstić information content (AvgIpc) is 3.45. The van der Waals surface area contributed by atoms with Crippen molar-refractivity contribution in [2.24, 2.45) is 0 Å². The number of nitrogens with zero attached hydrogens (tertiary/aromatic N) is 2. The number of carbonyl (C=O) groups is 1. The number of alkyl halides is 3. The lowest BCUT2D eigenvalue weighted by Crippen LogP contribution is -2.33. The van der Waals surface area contributed by atoms with Gasteiger partial charge in [-0.15, -0.1) is 0 Å². The van der Waals surface area contributed by atoms with Crippen molar-refractivity contribution in [1.29, 1.82) is 5.26 Å². The maximum atomic E-state index is 13.7. The zero-order valence-corrected chi connectivity index (χ0v) is 20.9. The first kappa shape index (κ1) is 28.2. The van der Waals surface area contributed by atoms with Crippen LogP contribution in [-0.4, -0.2) is 55.7 Å². The summed E-state index contributed by atoms with van der Waals surface area (Å²) in [6, 6.07) is 6.68. The van der Waals surface area contributed by atoms with Gasteiger partial charge < -0.3 is 19.9 Å². The van der Waals surface area contributed by atoms with E-state index in [9.17, 15) is 26.4 Å². The average molecular weight is 542 g/mol. The molecule has 2 atom stereocenters. The smallest absolute Gasteiger partial charge is 0.417 e. The summed E-state index contributed by atoms with van der Waals surface area (Å²) < 4.78 is 77.2. The molecule has 2 N–H and O–H groups in total. The summed E-state index contributed by atoms with van der Waals surface area (Å²) in [5, 5.41) is 17.7. The van der Waals surface area contributed by atoms with E-state index >= 15 is 0 Å². The number of rotatable bonds is 6. The van der Waals surface area contributed by atoms with Gasteiger partial charge >= 0.3 is 12.3 Å². The summed E-state index contributed by atoms with van der Waals surface area (Å²) in [5.74, 6) is 0.388. The number of pyridine rings is 1. The van der Waals surface area contributed by atoms with Gasteiger partial charge in [-0.3, -0.25) is 4.98 Å². The Morgan fingerprint density at radius 3 is 2.38 bits per heavy atom. The van der Waals surface area contributed by atoms with Crippen molar-refractivity contribution in [2.75, 3.05) is 14.2 Å². The van der Waals surface area contributed by atoms with Gasteiger partial charge in [0.1, 0.15) is 11.3 Å². The van der Waals surface area contributed by atoms with Gasteiger partial charge in [0.15, 0.2) is 9.84 Å². The largest absolute Gasteiger partial charge is 0.495 e. The van der Waals surface area contributed by atoms with E-state index in [-0.39, 0.29) is 24.5 Å². The second kappa shape index (κ2) is 10.9. The molecule has 13 heteroatoms. The van der Waals surface area contributed by atoms with Gasteiger partial charge in [-0.25, -0.2) is 13.2 Å². The number of aromatic nitrogens is 1. The minimum atomic E-state index is -4.82. The molecule has 0 radical (unpaired) electrons. The summed E-state index contributed by atoms with van der Waals surface area (Å²) in [7, 11) is -1.25. The number of hydrogen-bond acceptors (Lipinski definition) is 7. The highest BCUT2D eigenvalue weighted by atomic mass is 32.2. The molecule has 2 aromatic rings. The molecule has 0 aliphatic heterocycles. The van der Waals surface area contributed by atoms with Gasteiger partial charge in [0.2, 0.25) is 0 Å². The lowest BCUT2D eigenvalue weighted by molar-refractivity contribution is -0.139. The maximum Gasteiger partial charge on any atom is 0.417 e. The molecule has 9 nitrogen and oxygen atoms in total. The molecule has 0 bridgehead atoms. The molecule has 2 saturated carbocycles. The SMILES string of the molecule is COc1cncc(-c2ccc(S(=O)(=O)[C@H]3CC[C@H](OC)C3)c(C(F)(F)F)c2)c1.N#CC1(NC(=O)O)CC1. The van der Waals surface area contributed by atoms with E-state index in [1.807, 2.05) is 6.07 Å². The van der Waals surface area contributed by atoms with Crippen LogP contribution in [0.1, 0.15) is 37.7 Å². The molecule has 37 heavy (non-hydrogen) atoms. The highest BCUT2D eigenvalue weighted by Crippen LogP contribution is 2.41. The van der Waals surface area contributed by atoms with E-state index in [2.05, 4.69) is 10.3 Å². The number of benzene rings is 1. The first-order valence-corrected chi connectivity index (χ1v) is 12.8. The molecule has 200 valence electrons. The van der Waals surface area contributed by atoms with Crippen molar-refractivity contribution in [2.45, 2.75) is 60.1 Å². The Morgan fingerprint density at radius 2 is 1.89 bits per heavy atom. The van der Waals surface area contributed by atoms with Crippen LogP contribution in [0.5, 0.6) is 5.75 Å². The minimum Gasteiger partial charge on any atom is -0.495 e. The number of methoxy groups -OCH3 is 2. The zero-order valence-electron chi connectivity index (χ0n) is 20.1. The lowest BCUT2D eigenvalue weighted by atomic mass is 10.0. The fourth-order valence-electron chi connectivity index (χ4n) is 4.04. The van der Waals surface area contributed by atoms with Crippen LogP contribution in [0.4, 0.5) is 18.0 Å². The van der Waals surface area contributed by atoms with Crippen molar-refractivity contribution >= 4 is 15.9 Å². The monoisotopic (exact) mass is 541 g/mol. The van der Waals surface area contributed by atoms with E-state index in [0.717, 1.165) is 12.1 Å². The first-order valence-electron chi connectivity index (χ1n) is 11.2. The van der Waals surface area contributed by atoms with Crippen molar-refractivity contribution in [3.8, 4) is 22.9 Å². The normalized spacial score (nSPS) is 20.2. The molecule has 2 aliphatic rings. The zero-order chi connectivity index (χ0) is 27.4.